The van der Waals surface area contributed by atoms with Crippen molar-refractivity contribution in [3.63, 3.8) is 0 Å². The lowest BCUT2D eigenvalue weighted by Gasteiger charge is -2.29. The van der Waals surface area contributed by atoms with Gasteiger partial charge in [-0.25, -0.2) is 4.99 Å². The summed E-state index contributed by atoms with van der Waals surface area (Å²) < 4.78 is 6.32. The van der Waals surface area contributed by atoms with Crippen molar-refractivity contribution in [2.75, 3.05) is 6.54 Å². The molecular formula is C23H27BrN4O4. The normalized spacial score (nSPS) is 26.4. The summed E-state index contributed by atoms with van der Waals surface area (Å²) in [7, 11) is 0. The zero-order chi connectivity index (χ0) is 23.2. The van der Waals surface area contributed by atoms with E-state index < -0.39 is 23.6 Å². The minimum atomic E-state index is -1.10. The lowest BCUT2D eigenvalue weighted by Crippen LogP contribution is -2.48. The number of rotatable bonds is 5. The number of likely N-dealkylation sites (tertiary alicyclic amines) is 1. The van der Waals surface area contributed by atoms with E-state index in [0.717, 1.165) is 10.0 Å². The number of aliphatic hydroxyl groups is 1. The third-order valence-corrected chi connectivity index (χ3v) is 6.73. The van der Waals surface area contributed by atoms with Gasteiger partial charge in [-0.1, -0.05) is 47.1 Å². The molecule has 1 aromatic carbocycles. The van der Waals surface area contributed by atoms with Crippen LogP contribution in [0.1, 0.15) is 50.1 Å². The molecule has 2 aliphatic heterocycles. The summed E-state index contributed by atoms with van der Waals surface area (Å²) >= 11 is 3.41. The predicted octanol–water partition coefficient (Wildman–Crippen LogP) is 2.89. The van der Waals surface area contributed by atoms with E-state index in [1.165, 1.54) is 0 Å². The van der Waals surface area contributed by atoms with E-state index in [1.54, 1.807) is 17.9 Å². The van der Waals surface area contributed by atoms with E-state index in [9.17, 15) is 14.7 Å². The van der Waals surface area contributed by atoms with Gasteiger partial charge in [-0.2, -0.15) is 0 Å². The van der Waals surface area contributed by atoms with Crippen LogP contribution in [0.25, 0.3) is 0 Å². The number of hydrogen-bond donors (Lipinski definition) is 2. The maximum Gasteiger partial charge on any atom is 0.257 e. The van der Waals surface area contributed by atoms with Gasteiger partial charge >= 0.3 is 0 Å². The molecule has 4 rings (SSSR count). The number of aliphatic imine (C=N–C) groups is 1. The van der Waals surface area contributed by atoms with Gasteiger partial charge in [0, 0.05) is 23.5 Å². The van der Waals surface area contributed by atoms with Crippen LogP contribution in [0.5, 0.6) is 0 Å². The summed E-state index contributed by atoms with van der Waals surface area (Å²) in [6.45, 7) is 7.62. The van der Waals surface area contributed by atoms with Crippen LogP contribution in [-0.4, -0.2) is 51.5 Å². The molecule has 3 heterocycles. The highest BCUT2D eigenvalue weighted by molar-refractivity contribution is 9.10. The lowest BCUT2D eigenvalue weighted by molar-refractivity contribution is -0.134. The first-order valence-corrected chi connectivity index (χ1v) is 11.5. The second-order valence-electron chi connectivity index (χ2n) is 9.02. The van der Waals surface area contributed by atoms with Crippen molar-refractivity contribution in [2.24, 2.45) is 10.9 Å². The van der Waals surface area contributed by atoms with Gasteiger partial charge in [-0.3, -0.25) is 9.59 Å². The summed E-state index contributed by atoms with van der Waals surface area (Å²) in [5.41, 5.74) is 0.355. The minimum Gasteiger partial charge on any atom is -0.391 e. The standard InChI is InChI=1S/C23H27BrN4O4/c1-12(2)19(18-9-13(3)27-32-18)21(30)28-11-16(29)10-17(28)20-25-22(31)23(4,26-20)14-5-7-15(24)8-6-14/h5-9,12,16-17,19,29H,10-11H2,1-4H3,(H,25,26,31)/t16-,17-,19?,23-/m1/s1. The Morgan fingerprint density at radius 3 is 2.62 bits per heavy atom. The number of carbonyl (C=O) groups is 2. The van der Waals surface area contributed by atoms with Gasteiger partial charge in [0.25, 0.3) is 5.91 Å². The quantitative estimate of drug-likeness (QED) is 0.653. The zero-order valence-electron chi connectivity index (χ0n) is 18.5. The van der Waals surface area contributed by atoms with Crippen molar-refractivity contribution in [3.05, 3.63) is 51.8 Å². The Bertz CT molecular complexity index is 1060. The number of aliphatic hydroxyl groups excluding tert-OH is 1. The SMILES string of the molecule is Cc1cc(C(C(=O)N2C[C@H](O)C[C@@H]2C2=N[C@](C)(c3ccc(Br)cc3)C(=O)N2)C(C)C)on1. The molecular weight excluding hydrogens is 476 g/mol. The number of benzene rings is 1. The molecule has 2 aliphatic rings. The van der Waals surface area contributed by atoms with Crippen molar-refractivity contribution in [2.45, 2.75) is 57.7 Å². The highest BCUT2D eigenvalue weighted by Gasteiger charge is 2.48. The van der Waals surface area contributed by atoms with Crippen LogP contribution in [0.4, 0.5) is 0 Å². The molecule has 1 unspecified atom stereocenters. The van der Waals surface area contributed by atoms with E-state index in [4.69, 9.17) is 9.52 Å². The number of nitrogens with one attached hydrogen (secondary N) is 1. The van der Waals surface area contributed by atoms with Gasteiger partial charge in [-0.15, -0.1) is 0 Å². The number of halogens is 1. The maximum absolute atomic E-state index is 13.6. The molecule has 1 aromatic heterocycles. The molecule has 0 radical (unpaired) electrons. The van der Waals surface area contributed by atoms with Gasteiger partial charge in [0.2, 0.25) is 5.91 Å². The first-order chi connectivity index (χ1) is 15.1. The Hall–Kier alpha value is -2.52. The van der Waals surface area contributed by atoms with Gasteiger partial charge in [0.1, 0.15) is 17.5 Å². The Morgan fingerprint density at radius 2 is 2.03 bits per heavy atom. The number of carbonyl (C=O) groups excluding carboxylic acids is 2. The van der Waals surface area contributed by atoms with Crippen LogP contribution in [0.3, 0.4) is 0 Å². The molecule has 4 atom stereocenters. The molecule has 2 amide bonds. The first-order valence-electron chi connectivity index (χ1n) is 10.7. The summed E-state index contributed by atoms with van der Waals surface area (Å²) in [6.07, 6.45) is -0.394. The number of amidine groups is 1. The zero-order valence-corrected chi connectivity index (χ0v) is 20.1. The molecule has 0 bridgehead atoms. The Balaban J connectivity index is 1.66. The molecule has 32 heavy (non-hydrogen) atoms. The van der Waals surface area contributed by atoms with Crippen molar-refractivity contribution in [3.8, 4) is 0 Å². The van der Waals surface area contributed by atoms with Gasteiger partial charge in [-0.05, 0) is 37.5 Å². The summed E-state index contributed by atoms with van der Waals surface area (Å²) in [6, 6.07) is 8.67. The lowest BCUT2D eigenvalue weighted by atomic mass is 9.91. The van der Waals surface area contributed by atoms with E-state index in [1.807, 2.05) is 45.0 Å². The average Bonchev–Trinajstić information content (AvgIpc) is 3.40. The largest absolute Gasteiger partial charge is 0.391 e. The monoisotopic (exact) mass is 502 g/mol. The molecule has 170 valence electrons. The Labute approximate surface area is 195 Å². The van der Waals surface area contributed by atoms with Crippen LogP contribution in [-0.2, 0) is 15.1 Å². The van der Waals surface area contributed by atoms with E-state index in [0.29, 0.717) is 23.7 Å². The van der Waals surface area contributed by atoms with Crippen molar-refractivity contribution in [1.29, 1.82) is 0 Å². The van der Waals surface area contributed by atoms with Crippen LogP contribution in [0.15, 0.2) is 44.3 Å². The molecule has 0 aliphatic carbocycles. The fourth-order valence-corrected chi connectivity index (χ4v) is 4.71. The fourth-order valence-electron chi connectivity index (χ4n) is 4.45. The van der Waals surface area contributed by atoms with Crippen LogP contribution >= 0.6 is 15.9 Å². The molecule has 9 heteroatoms. The summed E-state index contributed by atoms with van der Waals surface area (Å²) in [4.78, 5) is 32.9. The third-order valence-electron chi connectivity index (χ3n) is 6.20. The number of nitrogens with zero attached hydrogens (tertiary/aromatic N) is 3. The van der Waals surface area contributed by atoms with E-state index >= 15 is 0 Å². The van der Waals surface area contributed by atoms with E-state index in [2.05, 4.69) is 26.4 Å². The highest BCUT2D eigenvalue weighted by Crippen LogP contribution is 2.35. The van der Waals surface area contributed by atoms with Gasteiger partial charge < -0.3 is 19.8 Å². The topological polar surface area (TPSA) is 108 Å². The van der Waals surface area contributed by atoms with Gasteiger partial charge in [0.05, 0.1) is 17.8 Å². The first kappa shape index (κ1) is 22.7. The number of amides is 2. The Kier molecular flexibility index (Phi) is 5.98. The summed E-state index contributed by atoms with van der Waals surface area (Å²) in [5, 5.41) is 17.2. The smallest absolute Gasteiger partial charge is 0.257 e. The Morgan fingerprint density at radius 1 is 1.34 bits per heavy atom. The third kappa shape index (κ3) is 3.99. The minimum absolute atomic E-state index is 0.0404. The molecule has 0 saturated carbocycles. The second kappa shape index (κ2) is 8.44. The van der Waals surface area contributed by atoms with Crippen LogP contribution in [0, 0.1) is 12.8 Å². The second-order valence-corrected chi connectivity index (χ2v) is 9.93. The van der Waals surface area contributed by atoms with Crippen molar-refractivity contribution >= 4 is 33.6 Å². The predicted molar refractivity (Wildman–Crippen MR) is 122 cm³/mol. The van der Waals surface area contributed by atoms with Gasteiger partial charge in [0.15, 0.2) is 5.54 Å². The fraction of sp³-hybridized carbons (Fsp3) is 0.478. The van der Waals surface area contributed by atoms with E-state index in [-0.39, 0.29) is 24.3 Å². The number of aromatic nitrogens is 1. The molecule has 1 fully saturated rings. The van der Waals surface area contributed by atoms with Crippen LogP contribution < -0.4 is 5.32 Å². The number of aryl methyl sites for hydroxylation is 1. The molecule has 2 aromatic rings. The van der Waals surface area contributed by atoms with Crippen LogP contribution in [0.2, 0.25) is 0 Å². The van der Waals surface area contributed by atoms with Crippen molar-refractivity contribution < 1.29 is 19.2 Å². The molecule has 2 N–H and O–H groups in total. The number of hydrogen-bond acceptors (Lipinski definition) is 6. The maximum atomic E-state index is 13.6. The molecule has 8 nitrogen and oxygen atoms in total. The molecule has 1 saturated heterocycles. The molecule has 0 spiro atoms. The summed E-state index contributed by atoms with van der Waals surface area (Å²) in [5.74, 6) is -0.107. The van der Waals surface area contributed by atoms with Crippen molar-refractivity contribution in [1.82, 2.24) is 15.4 Å². The average molecular weight is 503 g/mol. The number of β-amino-alcohol motifs (C(OH)–C–C–N with tert-alkyl or cyclic N) is 1. The highest BCUT2D eigenvalue weighted by atomic mass is 79.9.